The maximum absolute atomic E-state index is 13.5. The highest BCUT2D eigenvalue weighted by molar-refractivity contribution is 6.34. The zero-order chi connectivity index (χ0) is 15.9. The van der Waals surface area contributed by atoms with Crippen LogP contribution in [0, 0.1) is 5.82 Å². The number of imide groups is 1. The molecule has 7 heteroatoms. The highest BCUT2D eigenvalue weighted by Gasteiger charge is 2.36. The van der Waals surface area contributed by atoms with Crippen LogP contribution in [0.3, 0.4) is 0 Å². The topological polar surface area (TPSA) is 46.6 Å². The van der Waals surface area contributed by atoms with E-state index in [2.05, 4.69) is 4.74 Å². The van der Waals surface area contributed by atoms with E-state index in [-0.39, 0.29) is 16.8 Å². The molecule has 1 aliphatic heterocycles. The van der Waals surface area contributed by atoms with Crippen molar-refractivity contribution in [2.24, 2.45) is 0 Å². The molecular formula is C15H8F3NO3. The molecule has 0 N–H and O–H groups in total. The summed E-state index contributed by atoms with van der Waals surface area (Å²) in [5, 5.41) is 0. The van der Waals surface area contributed by atoms with Crippen LogP contribution in [0.1, 0.15) is 20.7 Å². The Morgan fingerprint density at radius 3 is 2.09 bits per heavy atom. The Morgan fingerprint density at radius 1 is 0.955 bits per heavy atom. The molecule has 0 unspecified atom stereocenters. The van der Waals surface area contributed by atoms with E-state index in [1.807, 2.05) is 0 Å². The molecule has 0 aliphatic carbocycles. The van der Waals surface area contributed by atoms with Crippen molar-refractivity contribution in [3.63, 3.8) is 0 Å². The molecule has 0 fully saturated rings. The van der Waals surface area contributed by atoms with Gasteiger partial charge in [-0.3, -0.25) is 9.59 Å². The average Bonchev–Trinajstić information content (AvgIpc) is 2.70. The monoisotopic (exact) mass is 307 g/mol. The first-order valence-corrected chi connectivity index (χ1v) is 6.20. The standard InChI is InChI=1S/C15H8F3NO3/c16-8-5-9(7-10(6-8)22-15(17)18)19-13(20)11-3-1-2-4-12(11)14(19)21/h1-7,15H. The van der Waals surface area contributed by atoms with Gasteiger partial charge in [0, 0.05) is 12.1 Å². The first-order valence-electron chi connectivity index (χ1n) is 6.20. The lowest BCUT2D eigenvalue weighted by Crippen LogP contribution is -2.29. The Labute approximate surface area is 122 Å². The number of benzene rings is 2. The van der Waals surface area contributed by atoms with Crippen LogP contribution >= 0.6 is 0 Å². The molecule has 0 aromatic heterocycles. The first-order chi connectivity index (χ1) is 10.5. The highest BCUT2D eigenvalue weighted by atomic mass is 19.3. The van der Waals surface area contributed by atoms with Crippen LogP contribution in [0.2, 0.25) is 0 Å². The van der Waals surface area contributed by atoms with Gasteiger partial charge >= 0.3 is 6.61 Å². The van der Waals surface area contributed by atoms with Gasteiger partial charge in [0.05, 0.1) is 16.8 Å². The molecule has 1 heterocycles. The molecule has 22 heavy (non-hydrogen) atoms. The van der Waals surface area contributed by atoms with E-state index in [0.29, 0.717) is 0 Å². The second kappa shape index (κ2) is 5.18. The number of anilines is 1. The molecule has 112 valence electrons. The average molecular weight is 307 g/mol. The molecule has 0 saturated heterocycles. The number of alkyl halides is 2. The van der Waals surface area contributed by atoms with Crippen LogP contribution in [-0.4, -0.2) is 18.4 Å². The van der Waals surface area contributed by atoms with Crippen LogP contribution < -0.4 is 9.64 Å². The van der Waals surface area contributed by atoms with Gasteiger partial charge in [-0.2, -0.15) is 8.78 Å². The number of hydrogen-bond donors (Lipinski definition) is 0. The smallest absolute Gasteiger partial charge is 0.387 e. The summed E-state index contributed by atoms with van der Waals surface area (Å²) in [5.41, 5.74) is 0.183. The Kier molecular flexibility index (Phi) is 3.32. The minimum atomic E-state index is -3.14. The zero-order valence-electron chi connectivity index (χ0n) is 10.9. The van der Waals surface area contributed by atoms with Gasteiger partial charge in [-0.05, 0) is 18.2 Å². The van der Waals surface area contributed by atoms with Gasteiger partial charge in [0.2, 0.25) is 0 Å². The molecule has 0 bridgehead atoms. The summed E-state index contributed by atoms with van der Waals surface area (Å²) < 4.78 is 42.1. The Balaban J connectivity index is 2.04. The molecule has 1 aliphatic rings. The third-order valence-corrected chi connectivity index (χ3v) is 3.13. The maximum Gasteiger partial charge on any atom is 0.387 e. The van der Waals surface area contributed by atoms with Gasteiger partial charge in [0.25, 0.3) is 11.8 Å². The number of fused-ring (bicyclic) bond motifs is 1. The quantitative estimate of drug-likeness (QED) is 0.818. The molecule has 0 radical (unpaired) electrons. The van der Waals surface area contributed by atoms with Crippen molar-refractivity contribution in [3.05, 3.63) is 59.4 Å². The van der Waals surface area contributed by atoms with Gasteiger partial charge in [-0.1, -0.05) is 12.1 Å². The Morgan fingerprint density at radius 2 is 1.55 bits per heavy atom. The van der Waals surface area contributed by atoms with Crippen molar-refractivity contribution in [1.82, 2.24) is 0 Å². The fraction of sp³-hybridized carbons (Fsp3) is 0.0667. The van der Waals surface area contributed by atoms with Crippen LogP contribution in [0.5, 0.6) is 5.75 Å². The highest BCUT2D eigenvalue weighted by Crippen LogP contribution is 2.31. The normalized spacial score (nSPS) is 13.7. The Hall–Kier alpha value is -2.83. The number of carbonyl (C=O) groups excluding carboxylic acids is 2. The lowest BCUT2D eigenvalue weighted by Gasteiger charge is -2.15. The predicted molar refractivity (Wildman–Crippen MR) is 70.6 cm³/mol. The van der Waals surface area contributed by atoms with Crippen LogP contribution in [-0.2, 0) is 0 Å². The van der Waals surface area contributed by atoms with E-state index in [1.165, 1.54) is 12.1 Å². The summed E-state index contributed by atoms with van der Waals surface area (Å²) >= 11 is 0. The summed E-state index contributed by atoms with van der Waals surface area (Å²) in [6, 6.07) is 8.76. The van der Waals surface area contributed by atoms with Crippen molar-refractivity contribution in [1.29, 1.82) is 0 Å². The van der Waals surface area contributed by atoms with E-state index in [0.717, 1.165) is 23.1 Å². The SMILES string of the molecule is O=C1c2ccccc2C(=O)N1c1cc(F)cc(OC(F)F)c1. The second-order valence-corrected chi connectivity index (χ2v) is 4.51. The van der Waals surface area contributed by atoms with Gasteiger partial charge in [0.15, 0.2) is 0 Å². The molecule has 0 saturated carbocycles. The van der Waals surface area contributed by atoms with Crippen molar-refractivity contribution < 1.29 is 27.5 Å². The lowest BCUT2D eigenvalue weighted by atomic mass is 10.1. The molecular weight excluding hydrogens is 299 g/mol. The maximum atomic E-state index is 13.5. The number of amides is 2. The molecule has 3 rings (SSSR count). The molecule has 0 atom stereocenters. The number of hydrogen-bond acceptors (Lipinski definition) is 3. The van der Waals surface area contributed by atoms with E-state index in [4.69, 9.17) is 0 Å². The molecule has 0 spiro atoms. The van der Waals surface area contributed by atoms with E-state index >= 15 is 0 Å². The zero-order valence-corrected chi connectivity index (χ0v) is 10.9. The summed E-state index contributed by atoms with van der Waals surface area (Å²) in [7, 11) is 0. The van der Waals surface area contributed by atoms with Crippen molar-refractivity contribution in [2.45, 2.75) is 6.61 Å². The van der Waals surface area contributed by atoms with Crippen LogP contribution in [0.4, 0.5) is 18.9 Å². The minimum absolute atomic E-state index is 0.165. The molecule has 2 aromatic rings. The number of rotatable bonds is 3. The van der Waals surface area contributed by atoms with Crippen molar-refractivity contribution >= 4 is 17.5 Å². The molecule has 2 aromatic carbocycles. The first kappa shape index (κ1) is 14.1. The van der Waals surface area contributed by atoms with E-state index in [1.54, 1.807) is 12.1 Å². The second-order valence-electron chi connectivity index (χ2n) is 4.51. The fourth-order valence-electron chi connectivity index (χ4n) is 2.27. The van der Waals surface area contributed by atoms with Gasteiger partial charge in [-0.15, -0.1) is 0 Å². The summed E-state index contributed by atoms with van der Waals surface area (Å²) in [6.45, 7) is -3.14. The van der Waals surface area contributed by atoms with Crippen LogP contribution in [0.15, 0.2) is 42.5 Å². The summed E-state index contributed by atoms with van der Waals surface area (Å²) in [5.74, 6) is -2.66. The van der Waals surface area contributed by atoms with E-state index in [9.17, 15) is 22.8 Å². The minimum Gasteiger partial charge on any atom is -0.435 e. The lowest BCUT2D eigenvalue weighted by molar-refractivity contribution is -0.0499. The number of nitrogens with zero attached hydrogens (tertiary/aromatic N) is 1. The molecule has 2 amide bonds. The third-order valence-electron chi connectivity index (χ3n) is 3.13. The van der Waals surface area contributed by atoms with Crippen molar-refractivity contribution in [3.8, 4) is 5.75 Å². The summed E-state index contributed by atoms with van der Waals surface area (Å²) in [4.78, 5) is 25.2. The number of halogens is 3. The Bertz CT molecular complexity index is 741. The van der Waals surface area contributed by atoms with E-state index < -0.39 is 30.0 Å². The third kappa shape index (κ3) is 2.30. The van der Waals surface area contributed by atoms with Gasteiger partial charge in [0.1, 0.15) is 11.6 Å². The largest absolute Gasteiger partial charge is 0.435 e. The summed E-state index contributed by atoms with van der Waals surface area (Å²) in [6.07, 6.45) is 0. The van der Waals surface area contributed by atoms with Crippen molar-refractivity contribution in [2.75, 3.05) is 4.90 Å². The van der Waals surface area contributed by atoms with Gasteiger partial charge in [-0.25, -0.2) is 9.29 Å². The number of carbonyl (C=O) groups is 2. The molecule has 4 nitrogen and oxygen atoms in total. The number of ether oxygens (including phenoxy) is 1. The van der Waals surface area contributed by atoms with Gasteiger partial charge < -0.3 is 4.74 Å². The predicted octanol–water partition coefficient (Wildman–Crippen LogP) is 3.23. The van der Waals surface area contributed by atoms with Crippen LogP contribution in [0.25, 0.3) is 0 Å². The fourth-order valence-corrected chi connectivity index (χ4v) is 2.27.